The molecule has 2 aliphatic heterocycles. The first kappa shape index (κ1) is 19.9. The molecule has 2 heterocycles. The highest BCUT2D eigenvalue weighted by Crippen LogP contribution is 2.41. The maximum atomic E-state index is 12.2. The number of fused-ring (bicyclic) bond motifs is 1. The lowest BCUT2D eigenvalue weighted by Crippen LogP contribution is -2.37. The Morgan fingerprint density at radius 3 is 2.48 bits per heavy atom. The molecule has 0 spiro atoms. The fourth-order valence-electron chi connectivity index (χ4n) is 3.51. The van der Waals surface area contributed by atoms with Crippen molar-refractivity contribution in [1.82, 2.24) is 0 Å². The maximum absolute atomic E-state index is 12.2. The van der Waals surface area contributed by atoms with E-state index >= 15 is 0 Å². The number of aryl methyl sites for hydroxylation is 2. The largest absolute Gasteiger partial charge is 0.481 e. The van der Waals surface area contributed by atoms with Crippen LogP contribution in [0.2, 0.25) is 0 Å². The molecule has 1 N–H and O–H groups in total. The van der Waals surface area contributed by atoms with E-state index in [1.165, 1.54) is 11.8 Å². The number of sulfone groups is 1. The zero-order valence-corrected chi connectivity index (χ0v) is 16.8. The summed E-state index contributed by atoms with van der Waals surface area (Å²) < 4.78 is 24.2. The van der Waals surface area contributed by atoms with Gasteiger partial charge in [-0.15, -0.1) is 0 Å². The molecule has 27 heavy (non-hydrogen) atoms. The highest BCUT2D eigenvalue weighted by atomic mass is 32.2. The van der Waals surface area contributed by atoms with E-state index in [-0.39, 0.29) is 48.0 Å². The van der Waals surface area contributed by atoms with Gasteiger partial charge in [-0.05, 0) is 43.5 Å². The van der Waals surface area contributed by atoms with Crippen LogP contribution in [0.4, 0.5) is 5.69 Å². The van der Waals surface area contributed by atoms with Crippen LogP contribution in [0, 0.1) is 13.8 Å². The summed E-state index contributed by atoms with van der Waals surface area (Å²) >= 11 is 1.33. The number of aliphatic carboxylic acids is 1. The predicted molar refractivity (Wildman–Crippen MR) is 106 cm³/mol. The van der Waals surface area contributed by atoms with E-state index in [0.29, 0.717) is 5.17 Å². The molecule has 0 saturated carbocycles. The van der Waals surface area contributed by atoms with E-state index in [1.807, 2.05) is 36.9 Å². The SMILES string of the molecule is Cc1cc(C)cc(N2C(=NC(=O)CCCC(=O)O)SC3CS(=O)(=O)CC32)c1. The molecule has 3 rings (SSSR count). The number of carboxylic acid groups (broad SMARTS) is 1. The predicted octanol–water partition coefficient (Wildman–Crippen LogP) is 2.16. The molecular weight excluding hydrogens is 388 g/mol. The van der Waals surface area contributed by atoms with Gasteiger partial charge in [-0.3, -0.25) is 9.59 Å². The van der Waals surface area contributed by atoms with Crippen molar-refractivity contribution in [3.63, 3.8) is 0 Å². The molecule has 9 heteroatoms. The normalized spacial score (nSPS) is 25.0. The van der Waals surface area contributed by atoms with Crippen LogP contribution in [0.1, 0.15) is 30.4 Å². The second kappa shape index (κ2) is 7.63. The first-order chi connectivity index (χ1) is 12.6. The van der Waals surface area contributed by atoms with E-state index in [1.54, 1.807) is 0 Å². The summed E-state index contributed by atoms with van der Waals surface area (Å²) in [5.74, 6) is -1.20. The van der Waals surface area contributed by atoms with Crippen LogP contribution in [-0.4, -0.2) is 53.4 Å². The van der Waals surface area contributed by atoms with Crippen LogP contribution in [0.25, 0.3) is 0 Å². The molecular formula is C18H22N2O5S2. The first-order valence-electron chi connectivity index (χ1n) is 8.72. The average Bonchev–Trinajstić information content (AvgIpc) is 2.96. The fourth-order valence-corrected chi connectivity index (χ4v) is 7.44. The summed E-state index contributed by atoms with van der Waals surface area (Å²) in [6.45, 7) is 3.94. The number of aliphatic imine (C=N–C) groups is 1. The third-order valence-corrected chi connectivity index (χ3v) is 7.76. The van der Waals surface area contributed by atoms with Crippen LogP contribution in [0.5, 0.6) is 0 Å². The van der Waals surface area contributed by atoms with Crippen LogP contribution in [0.3, 0.4) is 0 Å². The van der Waals surface area contributed by atoms with Crippen molar-refractivity contribution in [2.24, 2.45) is 4.99 Å². The Morgan fingerprint density at radius 2 is 1.85 bits per heavy atom. The summed E-state index contributed by atoms with van der Waals surface area (Å²) in [6.07, 6.45) is 0.221. The van der Waals surface area contributed by atoms with Gasteiger partial charge in [-0.25, -0.2) is 8.42 Å². The molecule has 1 aromatic carbocycles. The lowest BCUT2D eigenvalue weighted by atomic mass is 10.1. The van der Waals surface area contributed by atoms with Crippen molar-refractivity contribution in [2.45, 2.75) is 44.4 Å². The van der Waals surface area contributed by atoms with Gasteiger partial charge in [0.2, 0.25) is 5.91 Å². The molecule has 2 fully saturated rings. The maximum Gasteiger partial charge on any atom is 0.303 e. The zero-order valence-electron chi connectivity index (χ0n) is 15.2. The van der Waals surface area contributed by atoms with E-state index < -0.39 is 15.8 Å². The second-order valence-corrected chi connectivity index (χ2v) is 10.4. The third kappa shape index (κ3) is 4.70. The molecule has 0 radical (unpaired) electrons. The fraction of sp³-hybridized carbons (Fsp3) is 0.500. The van der Waals surface area contributed by atoms with Gasteiger partial charge in [0, 0.05) is 23.8 Å². The monoisotopic (exact) mass is 410 g/mol. The van der Waals surface area contributed by atoms with Gasteiger partial charge in [0.05, 0.1) is 17.5 Å². The van der Waals surface area contributed by atoms with E-state index in [4.69, 9.17) is 5.11 Å². The smallest absolute Gasteiger partial charge is 0.303 e. The van der Waals surface area contributed by atoms with Crippen molar-refractivity contribution in [1.29, 1.82) is 0 Å². The van der Waals surface area contributed by atoms with Crippen molar-refractivity contribution in [3.05, 3.63) is 29.3 Å². The molecule has 2 atom stereocenters. The second-order valence-electron chi connectivity index (χ2n) is 7.05. The molecule has 7 nitrogen and oxygen atoms in total. The van der Waals surface area contributed by atoms with Crippen molar-refractivity contribution in [3.8, 4) is 0 Å². The highest BCUT2D eigenvalue weighted by molar-refractivity contribution is 8.16. The number of benzene rings is 1. The Kier molecular flexibility index (Phi) is 5.62. The number of amides is 1. The van der Waals surface area contributed by atoms with Gasteiger partial charge in [-0.1, -0.05) is 17.8 Å². The number of hydrogen-bond acceptors (Lipinski definition) is 5. The molecule has 0 aromatic heterocycles. The summed E-state index contributed by atoms with van der Waals surface area (Å²) in [7, 11) is -3.11. The van der Waals surface area contributed by atoms with Gasteiger partial charge in [0.25, 0.3) is 0 Å². The summed E-state index contributed by atoms with van der Waals surface area (Å²) in [4.78, 5) is 28.9. The minimum atomic E-state index is -3.11. The van der Waals surface area contributed by atoms with Gasteiger partial charge < -0.3 is 10.0 Å². The molecule has 1 aromatic rings. The lowest BCUT2D eigenvalue weighted by molar-refractivity contribution is -0.137. The number of rotatable bonds is 5. The molecule has 0 aliphatic carbocycles. The average molecular weight is 411 g/mol. The van der Waals surface area contributed by atoms with Gasteiger partial charge in [0.1, 0.15) is 0 Å². The van der Waals surface area contributed by atoms with Crippen LogP contribution in [0.15, 0.2) is 23.2 Å². The number of carboxylic acids is 1. The minimum absolute atomic E-state index is 0.0455. The highest BCUT2D eigenvalue weighted by Gasteiger charge is 2.49. The molecule has 146 valence electrons. The zero-order chi connectivity index (χ0) is 19.8. The molecule has 0 bridgehead atoms. The summed E-state index contributed by atoms with van der Waals surface area (Å²) in [5, 5.41) is 9.05. The van der Waals surface area contributed by atoms with E-state index in [2.05, 4.69) is 4.99 Å². The van der Waals surface area contributed by atoms with E-state index in [9.17, 15) is 18.0 Å². The van der Waals surface area contributed by atoms with Gasteiger partial charge >= 0.3 is 5.97 Å². The molecule has 2 unspecified atom stereocenters. The Bertz CT molecular complexity index is 890. The number of nitrogens with zero attached hydrogens (tertiary/aromatic N) is 2. The standard InChI is InChI=1S/C18H22N2O5S2/c1-11-6-12(2)8-13(7-11)20-14-9-27(24,25)10-15(14)26-18(20)19-16(21)4-3-5-17(22)23/h6-8,14-15H,3-5,9-10H2,1-2H3,(H,22,23). The number of amidine groups is 1. The van der Waals surface area contributed by atoms with Crippen molar-refractivity contribution >= 4 is 44.3 Å². The number of carbonyl (C=O) groups is 2. The Labute approximate surface area is 162 Å². The quantitative estimate of drug-likeness (QED) is 0.793. The van der Waals surface area contributed by atoms with Crippen molar-refractivity contribution < 1.29 is 23.1 Å². The Balaban J connectivity index is 1.89. The first-order valence-corrected chi connectivity index (χ1v) is 11.4. The van der Waals surface area contributed by atoms with Gasteiger partial charge in [0.15, 0.2) is 15.0 Å². The van der Waals surface area contributed by atoms with Crippen LogP contribution >= 0.6 is 11.8 Å². The minimum Gasteiger partial charge on any atom is -0.481 e. The molecule has 2 aliphatic rings. The topological polar surface area (TPSA) is 104 Å². The van der Waals surface area contributed by atoms with E-state index in [0.717, 1.165) is 16.8 Å². The third-order valence-electron chi connectivity index (χ3n) is 4.55. The lowest BCUT2D eigenvalue weighted by Gasteiger charge is -2.25. The number of anilines is 1. The molecule has 2 saturated heterocycles. The van der Waals surface area contributed by atoms with Crippen LogP contribution in [-0.2, 0) is 19.4 Å². The van der Waals surface area contributed by atoms with Crippen LogP contribution < -0.4 is 4.90 Å². The van der Waals surface area contributed by atoms with Crippen molar-refractivity contribution in [2.75, 3.05) is 16.4 Å². The number of carbonyl (C=O) groups excluding carboxylic acids is 1. The summed E-state index contributed by atoms with van der Waals surface area (Å²) in [6, 6.07) is 5.71. The Hall–Kier alpha value is -1.87. The van der Waals surface area contributed by atoms with Gasteiger partial charge in [-0.2, -0.15) is 4.99 Å². The number of thioether (sulfide) groups is 1. The summed E-state index contributed by atoms with van der Waals surface area (Å²) in [5.41, 5.74) is 2.93. The Morgan fingerprint density at radius 1 is 1.19 bits per heavy atom. The molecule has 1 amide bonds. The number of hydrogen-bond donors (Lipinski definition) is 1.